The molecule has 0 unspecified atom stereocenters. The van der Waals surface area contributed by atoms with Crippen LogP contribution in [0.15, 0.2) is 24.3 Å². The Morgan fingerprint density at radius 2 is 1.95 bits per heavy atom. The van der Waals surface area contributed by atoms with Crippen LogP contribution in [0.2, 0.25) is 0 Å². The van der Waals surface area contributed by atoms with Gasteiger partial charge in [-0.3, -0.25) is 14.9 Å². The number of carbonyl (C=O) groups excluding carboxylic acids is 1. The number of aromatic nitrogens is 1. The molecule has 0 N–H and O–H groups in total. The topological polar surface area (TPSA) is 65.1 Å². The van der Waals surface area contributed by atoms with E-state index in [2.05, 4.69) is 0 Å². The number of non-ortho nitro benzene ring substituents is 1. The minimum absolute atomic E-state index is 0.0516. The lowest BCUT2D eigenvalue weighted by Crippen LogP contribution is -2.05. The van der Waals surface area contributed by atoms with Gasteiger partial charge in [0, 0.05) is 34.8 Å². The average molecular weight is 307 g/mol. The summed E-state index contributed by atoms with van der Waals surface area (Å²) in [5, 5.41) is 10.8. The Labute approximate surface area is 127 Å². The van der Waals surface area contributed by atoms with Gasteiger partial charge in [-0.05, 0) is 38.5 Å². The van der Waals surface area contributed by atoms with E-state index in [0.29, 0.717) is 5.56 Å². The zero-order valence-electron chi connectivity index (χ0n) is 12.0. The second kappa shape index (κ2) is 5.69. The Kier molecular flexibility index (Phi) is 4.14. The molecule has 1 heterocycles. The van der Waals surface area contributed by atoms with Crippen LogP contribution in [0.3, 0.4) is 0 Å². The van der Waals surface area contributed by atoms with E-state index in [1.807, 2.05) is 25.3 Å². The molecular weight excluding hydrogens is 292 g/mol. The third-order valence-corrected chi connectivity index (χ3v) is 3.73. The Hall–Kier alpha value is -2.14. The van der Waals surface area contributed by atoms with Crippen LogP contribution in [-0.2, 0) is 0 Å². The van der Waals surface area contributed by atoms with E-state index < -0.39 is 4.92 Å². The zero-order valence-corrected chi connectivity index (χ0v) is 12.8. The van der Waals surface area contributed by atoms with Crippen molar-refractivity contribution in [3.05, 3.63) is 56.9 Å². The summed E-state index contributed by atoms with van der Waals surface area (Å²) >= 11 is 5.62. The van der Waals surface area contributed by atoms with E-state index in [1.165, 1.54) is 12.1 Å². The lowest BCUT2D eigenvalue weighted by atomic mass is 10.1. The summed E-state index contributed by atoms with van der Waals surface area (Å²) in [4.78, 5) is 22.2. The maximum atomic E-state index is 11.8. The molecular formula is C15H15ClN2O3. The first-order valence-corrected chi connectivity index (χ1v) is 6.93. The molecule has 0 radical (unpaired) electrons. The van der Waals surface area contributed by atoms with Crippen molar-refractivity contribution in [2.75, 3.05) is 5.88 Å². The monoisotopic (exact) mass is 306 g/mol. The molecule has 0 saturated carbocycles. The highest BCUT2D eigenvalue weighted by Crippen LogP contribution is 2.26. The van der Waals surface area contributed by atoms with Crippen molar-refractivity contribution in [3.8, 4) is 5.69 Å². The van der Waals surface area contributed by atoms with E-state index in [-0.39, 0.29) is 17.4 Å². The molecule has 0 aliphatic rings. The van der Waals surface area contributed by atoms with Gasteiger partial charge in [-0.2, -0.15) is 0 Å². The fourth-order valence-corrected chi connectivity index (χ4v) is 2.64. The van der Waals surface area contributed by atoms with Crippen molar-refractivity contribution in [3.63, 3.8) is 0 Å². The summed E-state index contributed by atoms with van der Waals surface area (Å²) in [6.45, 7) is 5.54. The summed E-state index contributed by atoms with van der Waals surface area (Å²) in [5.41, 5.74) is 3.91. The summed E-state index contributed by atoms with van der Waals surface area (Å²) in [6.07, 6.45) is 0. The molecule has 0 spiro atoms. The second-order valence-electron chi connectivity index (χ2n) is 4.90. The van der Waals surface area contributed by atoms with Gasteiger partial charge in [0.25, 0.3) is 5.69 Å². The van der Waals surface area contributed by atoms with Crippen molar-refractivity contribution < 1.29 is 9.72 Å². The van der Waals surface area contributed by atoms with Crippen molar-refractivity contribution in [2.45, 2.75) is 20.8 Å². The van der Waals surface area contributed by atoms with E-state index in [4.69, 9.17) is 11.6 Å². The number of rotatable bonds is 4. The predicted octanol–water partition coefficient (Wildman–Crippen LogP) is 3.73. The van der Waals surface area contributed by atoms with Gasteiger partial charge in [0.15, 0.2) is 5.78 Å². The predicted molar refractivity (Wildman–Crippen MR) is 81.7 cm³/mol. The number of carbonyl (C=O) groups is 1. The molecule has 0 atom stereocenters. The highest BCUT2D eigenvalue weighted by molar-refractivity contribution is 6.30. The Morgan fingerprint density at radius 3 is 2.48 bits per heavy atom. The molecule has 2 aromatic rings. The van der Waals surface area contributed by atoms with Crippen LogP contribution < -0.4 is 0 Å². The van der Waals surface area contributed by atoms with Crippen molar-refractivity contribution in [1.82, 2.24) is 4.57 Å². The average Bonchev–Trinajstić information content (AvgIpc) is 2.73. The molecule has 0 bridgehead atoms. The highest BCUT2D eigenvalue weighted by Gasteiger charge is 2.18. The van der Waals surface area contributed by atoms with Gasteiger partial charge in [-0.1, -0.05) is 0 Å². The number of hydrogen-bond acceptors (Lipinski definition) is 3. The smallest absolute Gasteiger partial charge is 0.269 e. The minimum atomic E-state index is -0.422. The summed E-state index contributed by atoms with van der Waals surface area (Å²) < 4.78 is 1.92. The normalized spacial score (nSPS) is 10.7. The molecule has 0 amide bonds. The van der Waals surface area contributed by atoms with E-state index in [9.17, 15) is 14.9 Å². The minimum Gasteiger partial charge on any atom is -0.317 e. The van der Waals surface area contributed by atoms with Crippen LogP contribution in [0.4, 0.5) is 5.69 Å². The first-order chi connectivity index (χ1) is 9.86. The molecule has 2 rings (SSSR count). The fraction of sp³-hybridized carbons (Fsp3) is 0.267. The van der Waals surface area contributed by atoms with Crippen LogP contribution in [0.1, 0.15) is 27.3 Å². The second-order valence-corrected chi connectivity index (χ2v) is 5.17. The van der Waals surface area contributed by atoms with Gasteiger partial charge in [-0.25, -0.2) is 0 Å². The number of nitro benzene ring substituents is 1. The van der Waals surface area contributed by atoms with E-state index in [1.54, 1.807) is 12.1 Å². The molecule has 1 aromatic heterocycles. The van der Waals surface area contributed by atoms with Crippen LogP contribution in [0.5, 0.6) is 0 Å². The molecule has 6 heteroatoms. The van der Waals surface area contributed by atoms with Crippen LogP contribution in [-0.4, -0.2) is 21.2 Å². The first kappa shape index (κ1) is 15.3. The number of aryl methyl sites for hydroxylation is 2. The van der Waals surface area contributed by atoms with Crippen molar-refractivity contribution in [2.24, 2.45) is 0 Å². The number of ketones is 1. The number of alkyl halides is 1. The molecule has 5 nitrogen and oxygen atoms in total. The summed E-state index contributed by atoms with van der Waals surface area (Å²) in [5.74, 6) is -0.195. The van der Waals surface area contributed by atoms with Gasteiger partial charge < -0.3 is 4.57 Å². The van der Waals surface area contributed by atoms with E-state index >= 15 is 0 Å². The Balaban J connectivity index is 2.60. The first-order valence-electron chi connectivity index (χ1n) is 6.40. The number of benzene rings is 1. The van der Waals surface area contributed by atoms with E-state index in [0.717, 1.165) is 22.6 Å². The number of nitro groups is 1. The zero-order chi connectivity index (χ0) is 15.7. The van der Waals surface area contributed by atoms with Crippen LogP contribution >= 0.6 is 11.6 Å². The van der Waals surface area contributed by atoms with Crippen molar-refractivity contribution >= 4 is 23.1 Å². The molecule has 0 fully saturated rings. The SMILES string of the molecule is Cc1cc([N+](=O)[O-])ccc1-n1c(C)cc(C(=O)CCl)c1C. The third-order valence-electron chi connectivity index (χ3n) is 3.49. The highest BCUT2D eigenvalue weighted by atomic mass is 35.5. The van der Waals surface area contributed by atoms with Crippen LogP contribution in [0.25, 0.3) is 5.69 Å². The Morgan fingerprint density at radius 1 is 1.29 bits per heavy atom. The summed E-state index contributed by atoms with van der Waals surface area (Å²) in [6, 6.07) is 6.48. The Bertz CT molecular complexity index is 735. The molecule has 0 aliphatic heterocycles. The number of hydrogen-bond donors (Lipinski definition) is 0. The number of nitrogens with zero attached hydrogens (tertiary/aromatic N) is 2. The molecule has 21 heavy (non-hydrogen) atoms. The van der Waals surface area contributed by atoms with Gasteiger partial charge in [0.05, 0.1) is 10.8 Å². The lowest BCUT2D eigenvalue weighted by Gasteiger charge is -2.12. The van der Waals surface area contributed by atoms with Gasteiger partial charge in [0.1, 0.15) is 0 Å². The van der Waals surface area contributed by atoms with Gasteiger partial charge in [-0.15, -0.1) is 11.6 Å². The quantitative estimate of drug-likeness (QED) is 0.374. The standard InChI is InChI=1S/C15H15ClN2O3/c1-9-6-12(18(20)21)4-5-14(9)17-10(2)7-13(11(17)3)15(19)8-16/h4-7H,8H2,1-3H3. The molecule has 110 valence electrons. The van der Waals surface area contributed by atoms with Gasteiger partial charge in [0.2, 0.25) is 0 Å². The molecule has 1 aromatic carbocycles. The maximum Gasteiger partial charge on any atom is 0.269 e. The number of Topliss-reactive ketones (excluding diaryl/α,β-unsaturated/α-hetero) is 1. The summed E-state index contributed by atoms with van der Waals surface area (Å²) in [7, 11) is 0. The fourth-order valence-electron chi connectivity index (χ4n) is 2.49. The molecule has 0 aliphatic carbocycles. The van der Waals surface area contributed by atoms with Crippen LogP contribution in [0, 0.1) is 30.9 Å². The van der Waals surface area contributed by atoms with Gasteiger partial charge >= 0.3 is 0 Å². The maximum absolute atomic E-state index is 11.8. The third kappa shape index (κ3) is 2.69. The van der Waals surface area contributed by atoms with Crippen molar-refractivity contribution in [1.29, 1.82) is 0 Å². The number of halogens is 1. The molecule has 0 saturated heterocycles. The lowest BCUT2D eigenvalue weighted by molar-refractivity contribution is -0.384. The largest absolute Gasteiger partial charge is 0.317 e.